The molecule has 3 heterocycles. The summed E-state index contributed by atoms with van der Waals surface area (Å²) in [5.74, 6) is 0. The summed E-state index contributed by atoms with van der Waals surface area (Å²) in [5, 5.41) is 9.60. The van der Waals surface area contributed by atoms with E-state index in [9.17, 15) is 0 Å². The van der Waals surface area contributed by atoms with Gasteiger partial charge in [0, 0.05) is 64.9 Å². The zero-order valence-corrected chi connectivity index (χ0v) is 31.0. The molecule has 0 fully saturated rings. The number of para-hydroxylation sites is 4. The van der Waals surface area contributed by atoms with E-state index in [-0.39, 0.29) is 0 Å². The molecule has 12 aromatic rings. The number of thiophene rings is 1. The van der Waals surface area contributed by atoms with Crippen molar-refractivity contribution in [1.29, 1.82) is 0 Å². The fraction of sp³-hybridized carbons (Fsp3) is 0. The first kappa shape index (κ1) is 31.2. The van der Waals surface area contributed by atoms with Crippen LogP contribution in [0.5, 0.6) is 0 Å². The summed E-state index contributed by atoms with van der Waals surface area (Å²) in [6, 6.07) is 70.1. The van der Waals surface area contributed by atoms with Gasteiger partial charge in [-0.05, 0) is 66.0 Å². The van der Waals surface area contributed by atoms with E-state index >= 15 is 0 Å². The number of hydrogen-bond donors (Lipinski definition) is 0. The van der Waals surface area contributed by atoms with Gasteiger partial charge in [-0.1, -0.05) is 133 Å². The van der Waals surface area contributed by atoms with Crippen LogP contribution < -0.4 is 4.90 Å². The van der Waals surface area contributed by atoms with E-state index in [1.165, 1.54) is 47.4 Å². The highest BCUT2D eigenvalue weighted by atomic mass is 32.1. The molecule has 262 valence electrons. The highest BCUT2D eigenvalue weighted by molar-refractivity contribution is 7.26. The Kier molecular flexibility index (Phi) is 6.80. The number of furan rings is 1. The van der Waals surface area contributed by atoms with Crippen LogP contribution in [-0.2, 0) is 0 Å². The van der Waals surface area contributed by atoms with Gasteiger partial charge < -0.3 is 13.9 Å². The average Bonchev–Trinajstić information content (AvgIpc) is 3.95. The zero-order chi connectivity index (χ0) is 36.7. The lowest BCUT2D eigenvalue weighted by Gasteiger charge is -2.28. The summed E-state index contributed by atoms with van der Waals surface area (Å²) in [6.45, 7) is 0. The van der Waals surface area contributed by atoms with Crippen LogP contribution in [0.2, 0.25) is 0 Å². The number of aromatic nitrogens is 1. The Labute approximate surface area is 326 Å². The van der Waals surface area contributed by atoms with Gasteiger partial charge in [-0.15, -0.1) is 11.3 Å². The maximum atomic E-state index is 6.92. The molecule has 3 aromatic heterocycles. The Morgan fingerprint density at radius 3 is 1.80 bits per heavy atom. The third-order valence-electron chi connectivity index (χ3n) is 11.4. The topological polar surface area (TPSA) is 21.3 Å². The molecule has 0 saturated heterocycles. The summed E-state index contributed by atoms with van der Waals surface area (Å²) in [4.78, 5) is 2.44. The van der Waals surface area contributed by atoms with Gasteiger partial charge in [0.15, 0.2) is 0 Å². The summed E-state index contributed by atoms with van der Waals surface area (Å²) in [6.07, 6.45) is 0. The quantitative estimate of drug-likeness (QED) is 0.176. The molecule has 4 heteroatoms. The van der Waals surface area contributed by atoms with Crippen molar-refractivity contribution in [3.05, 3.63) is 194 Å². The molecule has 0 aliphatic rings. The van der Waals surface area contributed by atoms with E-state index in [1.54, 1.807) is 0 Å². The second-order valence-electron chi connectivity index (χ2n) is 14.4. The minimum absolute atomic E-state index is 0.896. The lowest BCUT2D eigenvalue weighted by Crippen LogP contribution is -2.11. The maximum absolute atomic E-state index is 6.92. The first-order valence-corrected chi connectivity index (χ1v) is 19.8. The van der Waals surface area contributed by atoms with Gasteiger partial charge in [-0.2, -0.15) is 0 Å². The molecular weight excluding hydrogens is 701 g/mol. The SMILES string of the molecule is c1ccc(N(c2ccc(-n3c4ccccc4c4ccccc43)cc2)c2cccc3c2sc2ccccc23)c(-c2cccc3c2oc2c4ccccc4ccc32)c1. The van der Waals surface area contributed by atoms with Crippen LogP contribution in [0.25, 0.3) is 91.5 Å². The van der Waals surface area contributed by atoms with Gasteiger partial charge in [0.2, 0.25) is 0 Å². The van der Waals surface area contributed by atoms with E-state index in [4.69, 9.17) is 4.42 Å². The first-order valence-electron chi connectivity index (χ1n) is 19.0. The van der Waals surface area contributed by atoms with Crippen molar-refractivity contribution >= 4 is 103 Å². The normalized spacial score (nSPS) is 11.9. The van der Waals surface area contributed by atoms with E-state index in [0.717, 1.165) is 61.2 Å². The number of rotatable bonds is 5. The minimum Gasteiger partial charge on any atom is -0.455 e. The summed E-state index contributed by atoms with van der Waals surface area (Å²) in [7, 11) is 0. The number of hydrogen-bond acceptors (Lipinski definition) is 3. The van der Waals surface area contributed by atoms with Gasteiger partial charge in [0.1, 0.15) is 11.2 Å². The predicted octanol–water partition coefficient (Wildman–Crippen LogP) is 15.3. The molecule has 0 aliphatic carbocycles. The van der Waals surface area contributed by atoms with Gasteiger partial charge in [0.25, 0.3) is 0 Å². The minimum atomic E-state index is 0.896. The second kappa shape index (κ2) is 12.2. The summed E-state index contributed by atoms with van der Waals surface area (Å²) < 4.78 is 11.8. The molecule has 12 rings (SSSR count). The van der Waals surface area contributed by atoms with Crippen LogP contribution in [0.3, 0.4) is 0 Å². The van der Waals surface area contributed by atoms with Crippen molar-refractivity contribution in [3.8, 4) is 16.8 Å². The number of benzene rings is 9. The molecule has 3 nitrogen and oxygen atoms in total. The fourth-order valence-electron chi connectivity index (χ4n) is 8.90. The molecule has 0 atom stereocenters. The number of nitrogens with zero attached hydrogens (tertiary/aromatic N) is 2. The third-order valence-corrected chi connectivity index (χ3v) is 12.6. The molecule has 0 amide bonds. The summed E-state index contributed by atoms with van der Waals surface area (Å²) >= 11 is 1.85. The highest BCUT2D eigenvalue weighted by Crippen LogP contribution is 2.49. The Morgan fingerprint density at radius 2 is 0.982 bits per heavy atom. The van der Waals surface area contributed by atoms with Crippen molar-refractivity contribution in [1.82, 2.24) is 4.57 Å². The lowest BCUT2D eigenvalue weighted by atomic mass is 9.98. The molecule has 0 unspecified atom stereocenters. The van der Waals surface area contributed by atoms with Gasteiger partial charge in [-0.3, -0.25) is 0 Å². The van der Waals surface area contributed by atoms with Crippen molar-refractivity contribution in [2.45, 2.75) is 0 Å². The van der Waals surface area contributed by atoms with Crippen molar-refractivity contribution in [2.75, 3.05) is 4.90 Å². The van der Waals surface area contributed by atoms with Crippen LogP contribution in [0.1, 0.15) is 0 Å². The summed E-state index contributed by atoms with van der Waals surface area (Å²) in [5.41, 5.74) is 10.8. The van der Waals surface area contributed by atoms with Crippen molar-refractivity contribution in [2.24, 2.45) is 0 Å². The molecule has 56 heavy (non-hydrogen) atoms. The van der Waals surface area contributed by atoms with Gasteiger partial charge in [0.05, 0.1) is 27.1 Å². The monoisotopic (exact) mass is 732 g/mol. The zero-order valence-electron chi connectivity index (χ0n) is 30.2. The van der Waals surface area contributed by atoms with Crippen LogP contribution in [-0.4, -0.2) is 4.57 Å². The Morgan fingerprint density at radius 1 is 0.393 bits per heavy atom. The molecule has 0 radical (unpaired) electrons. The van der Waals surface area contributed by atoms with Crippen molar-refractivity contribution in [3.63, 3.8) is 0 Å². The number of anilines is 3. The second-order valence-corrected chi connectivity index (χ2v) is 15.5. The standard InChI is InChI=1S/C52H32N2OS/c1-2-14-36-33(13-1)27-32-43-42-20-11-19-41(51(42)55-50(36)43)39-17-5-9-24-47(39)54(48-25-12-21-44-40-18-6-10-26-49(40)56-52(44)48)35-30-28-34(29-31-35)53-45-22-7-3-15-37(45)38-16-4-8-23-46(38)53/h1-32H. The Balaban J connectivity index is 1.10. The predicted molar refractivity (Wildman–Crippen MR) is 239 cm³/mol. The van der Waals surface area contributed by atoms with Gasteiger partial charge in [-0.25, -0.2) is 0 Å². The molecule has 0 spiro atoms. The smallest absolute Gasteiger partial charge is 0.143 e. The van der Waals surface area contributed by atoms with E-state index in [2.05, 4.69) is 204 Å². The van der Waals surface area contributed by atoms with E-state index < -0.39 is 0 Å². The molecule has 0 aliphatic heterocycles. The maximum Gasteiger partial charge on any atom is 0.143 e. The van der Waals surface area contributed by atoms with Crippen LogP contribution in [0, 0.1) is 0 Å². The Bertz CT molecular complexity index is 3440. The third kappa shape index (κ3) is 4.57. The average molecular weight is 733 g/mol. The lowest BCUT2D eigenvalue weighted by molar-refractivity contribution is 0.674. The highest BCUT2D eigenvalue weighted by Gasteiger charge is 2.23. The molecule has 9 aromatic carbocycles. The number of fused-ring (bicyclic) bond motifs is 11. The van der Waals surface area contributed by atoms with Crippen LogP contribution >= 0.6 is 11.3 Å². The van der Waals surface area contributed by atoms with E-state index in [1.807, 2.05) is 11.3 Å². The first-order chi connectivity index (χ1) is 27.8. The molecule has 0 bridgehead atoms. The largest absolute Gasteiger partial charge is 0.455 e. The molecule has 0 N–H and O–H groups in total. The van der Waals surface area contributed by atoms with Crippen molar-refractivity contribution < 1.29 is 4.42 Å². The van der Waals surface area contributed by atoms with Gasteiger partial charge >= 0.3 is 0 Å². The molecule has 0 saturated carbocycles. The van der Waals surface area contributed by atoms with E-state index in [0.29, 0.717) is 0 Å². The Hall–Kier alpha value is -7.14. The fourth-order valence-corrected chi connectivity index (χ4v) is 10.1. The molecular formula is C52H32N2OS. The van der Waals surface area contributed by atoms with Crippen LogP contribution in [0.15, 0.2) is 199 Å². The van der Waals surface area contributed by atoms with Crippen LogP contribution in [0.4, 0.5) is 17.1 Å².